The van der Waals surface area contributed by atoms with Crippen molar-refractivity contribution in [1.29, 1.82) is 0 Å². The Morgan fingerprint density at radius 2 is 1.85 bits per heavy atom. The van der Waals surface area contributed by atoms with Gasteiger partial charge in [-0.2, -0.15) is 0 Å². The van der Waals surface area contributed by atoms with Crippen molar-refractivity contribution < 1.29 is 19.5 Å². The maximum absolute atomic E-state index is 11.5. The van der Waals surface area contributed by atoms with Crippen LogP contribution in [-0.2, 0) is 0 Å². The average molecular weight is 383 g/mol. The van der Waals surface area contributed by atoms with Crippen LogP contribution < -0.4 is 14.6 Å². The van der Waals surface area contributed by atoms with E-state index in [2.05, 4.69) is 4.98 Å². The van der Waals surface area contributed by atoms with E-state index in [1.54, 1.807) is 26.4 Å². The lowest BCUT2D eigenvalue weighted by Crippen LogP contribution is -1.97. The number of benzene rings is 2. The summed E-state index contributed by atoms with van der Waals surface area (Å²) in [6.45, 7) is 0. The third kappa shape index (κ3) is 4.06. The number of nitro groups is 1. The maximum Gasteiger partial charge on any atom is 0.262 e. The van der Waals surface area contributed by atoms with Gasteiger partial charge in [0, 0.05) is 17.0 Å². The van der Waals surface area contributed by atoms with Gasteiger partial charge in [-0.15, -0.1) is 11.3 Å². The van der Waals surface area contributed by atoms with Crippen LogP contribution in [0.4, 0.5) is 5.69 Å². The Morgan fingerprint density at radius 1 is 1.07 bits per heavy atom. The normalized spacial score (nSPS) is 10.9. The first-order chi connectivity index (χ1) is 13.0. The Kier molecular flexibility index (Phi) is 5.37. The van der Waals surface area contributed by atoms with Crippen LogP contribution >= 0.6 is 11.3 Å². The number of aromatic nitrogens is 1. The molecule has 0 atom stereocenters. The number of hydrogen-bond acceptors (Lipinski definition) is 7. The van der Waals surface area contributed by atoms with E-state index in [9.17, 15) is 15.2 Å². The molecule has 1 heterocycles. The van der Waals surface area contributed by atoms with Crippen LogP contribution in [-0.4, -0.2) is 24.1 Å². The van der Waals surface area contributed by atoms with Gasteiger partial charge < -0.3 is 14.6 Å². The summed E-state index contributed by atoms with van der Waals surface area (Å²) in [6, 6.07) is 9.52. The standard InChI is InChI=1S/C19H16N2O5S/c1-25-17-7-5-13(10-18(17)26-2)14-11-27-19(20-14)8-4-12-3-6-16(22)15(9-12)21(23)24/h3-11,22H,1-2H3/p-1/b8-4+. The second kappa shape index (κ2) is 7.88. The molecular formula is C19H15N2O5S-. The van der Waals surface area contributed by atoms with E-state index in [-0.39, 0.29) is 0 Å². The molecule has 7 nitrogen and oxygen atoms in total. The second-order valence-corrected chi connectivity index (χ2v) is 6.35. The Bertz CT molecular complexity index is 1010. The minimum atomic E-state index is -0.682. The van der Waals surface area contributed by atoms with Crippen LogP contribution in [0.3, 0.4) is 0 Å². The first-order valence-corrected chi connectivity index (χ1v) is 8.71. The number of nitrogens with zero attached hydrogens (tertiary/aromatic N) is 2. The smallest absolute Gasteiger partial charge is 0.262 e. The fraction of sp³-hybridized carbons (Fsp3) is 0.105. The summed E-state index contributed by atoms with van der Waals surface area (Å²) in [5.41, 5.74) is 1.78. The Morgan fingerprint density at radius 3 is 2.56 bits per heavy atom. The quantitative estimate of drug-likeness (QED) is 0.472. The number of ether oxygens (including phenoxy) is 2. The molecule has 0 aliphatic heterocycles. The molecule has 0 radical (unpaired) electrons. The van der Waals surface area contributed by atoms with E-state index in [4.69, 9.17) is 9.47 Å². The third-order valence-corrected chi connectivity index (χ3v) is 4.61. The minimum absolute atomic E-state index is 0.442. The summed E-state index contributed by atoms with van der Waals surface area (Å²) < 4.78 is 10.5. The first kappa shape index (κ1) is 18.4. The van der Waals surface area contributed by atoms with Crippen molar-refractivity contribution in [3.63, 3.8) is 0 Å². The molecule has 0 bridgehead atoms. The third-order valence-electron chi connectivity index (χ3n) is 3.80. The van der Waals surface area contributed by atoms with Crippen LogP contribution in [0.25, 0.3) is 23.4 Å². The predicted octanol–water partition coefficient (Wildman–Crippen LogP) is 3.98. The second-order valence-electron chi connectivity index (χ2n) is 5.46. The van der Waals surface area contributed by atoms with Crippen molar-refractivity contribution in [1.82, 2.24) is 4.98 Å². The summed E-state index contributed by atoms with van der Waals surface area (Å²) in [7, 11) is 3.15. The van der Waals surface area contributed by atoms with Crippen LogP contribution in [0, 0.1) is 10.1 Å². The highest BCUT2D eigenvalue weighted by atomic mass is 32.1. The summed E-state index contributed by atoms with van der Waals surface area (Å²) >= 11 is 1.44. The van der Waals surface area contributed by atoms with Gasteiger partial charge in [0.25, 0.3) is 5.69 Å². The summed E-state index contributed by atoms with van der Waals surface area (Å²) in [4.78, 5) is 14.7. The van der Waals surface area contributed by atoms with E-state index < -0.39 is 16.4 Å². The molecule has 138 valence electrons. The highest BCUT2D eigenvalue weighted by molar-refractivity contribution is 7.10. The molecule has 0 N–H and O–H groups in total. The fourth-order valence-electron chi connectivity index (χ4n) is 2.44. The molecule has 8 heteroatoms. The van der Waals surface area contributed by atoms with Crippen LogP contribution in [0.5, 0.6) is 17.2 Å². The molecule has 0 aliphatic rings. The zero-order valence-corrected chi connectivity index (χ0v) is 15.4. The molecule has 2 aromatic carbocycles. The SMILES string of the molecule is COc1ccc(-c2csc(/C=C/c3ccc([O-])c([N+](=O)[O-])c3)n2)cc1OC. The molecule has 3 aromatic rings. The molecule has 0 aliphatic carbocycles. The lowest BCUT2D eigenvalue weighted by atomic mass is 10.1. The maximum atomic E-state index is 11.5. The molecule has 0 saturated carbocycles. The van der Waals surface area contributed by atoms with Gasteiger partial charge in [-0.25, -0.2) is 4.98 Å². The van der Waals surface area contributed by atoms with Gasteiger partial charge in [0.2, 0.25) is 0 Å². The van der Waals surface area contributed by atoms with E-state index in [0.29, 0.717) is 17.1 Å². The van der Waals surface area contributed by atoms with E-state index in [0.717, 1.165) is 16.3 Å². The van der Waals surface area contributed by atoms with Crippen molar-refractivity contribution in [3.8, 4) is 28.5 Å². The Hall–Kier alpha value is -3.39. The number of methoxy groups -OCH3 is 2. The zero-order chi connectivity index (χ0) is 19.4. The van der Waals surface area contributed by atoms with Gasteiger partial charge in [0.15, 0.2) is 11.5 Å². The Balaban J connectivity index is 1.83. The van der Waals surface area contributed by atoms with Gasteiger partial charge >= 0.3 is 0 Å². The van der Waals surface area contributed by atoms with Gasteiger partial charge in [-0.3, -0.25) is 10.1 Å². The first-order valence-electron chi connectivity index (χ1n) is 7.83. The van der Waals surface area contributed by atoms with Crippen LogP contribution in [0.1, 0.15) is 10.6 Å². The van der Waals surface area contributed by atoms with Crippen LogP contribution in [0.15, 0.2) is 41.8 Å². The molecule has 0 unspecified atom stereocenters. The van der Waals surface area contributed by atoms with Gasteiger partial charge in [-0.1, -0.05) is 18.2 Å². The largest absolute Gasteiger partial charge is 0.868 e. The van der Waals surface area contributed by atoms with Crippen molar-refractivity contribution in [3.05, 3.63) is 62.5 Å². The topological polar surface area (TPSA) is 97.5 Å². The number of rotatable bonds is 6. The lowest BCUT2D eigenvalue weighted by molar-refractivity contribution is -0.398. The monoisotopic (exact) mass is 383 g/mol. The van der Waals surface area contributed by atoms with Gasteiger partial charge in [-0.05, 0) is 35.6 Å². The zero-order valence-electron chi connectivity index (χ0n) is 14.5. The van der Waals surface area contributed by atoms with Crippen LogP contribution in [0.2, 0.25) is 0 Å². The van der Waals surface area contributed by atoms with E-state index in [1.165, 1.54) is 29.5 Å². The Labute approximate surface area is 159 Å². The van der Waals surface area contributed by atoms with Crippen molar-refractivity contribution in [2.45, 2.75) is 0 Å². The van der Waals surface area contributed by atoms with E-state index >= 15 is 0 Å². The number of nitro benzene ring substituents is 1. The molecular weight excluding hydrogens is 368 g/mol. The summed E-state index contributed by atoms with van der Waals surface area (Å²) in [5.74, 6) is 0.646. The molecule has 27 heavy (non-hydrogen) atoms. The predicted molar refractivity (Wildman–Crippen MR) is 102 cm³/mol. The highest BCUT2D eigenvalue weighted by Crippen LogP contribution is 2.33. The van der Waals surface area contributed by atoms with Crippen molar-refractivity contribution >= 4 is 29.2 Å². The average Bonchev–Trinajstić information content (AvgIpc) is 3.15. The van der Waals surface area contributed by atoms with Crippen molar-refractivity contribution in [2.24, 2.45) is 0 Å². The van der Waals surface area contributed by atoms with Gasteiger partial charge in [0.05, 0.1) is 24.8 Å². The van der Waals surface area contributed by atoms with E-state index in [1.807, 2.05) is 23.6 Å². The fourth-order valence-corrected chi connectivity index (χ4v) is 3.16. The molecule has 1 aromatic heterocycles. The lowest BCUT2D eigenvalue weighted by Gasteiger charge is -2.08. The number of thiazole rings is 1. The number of hydrogen-bond donors (Lipinski definition) is 0. The molecule has 0 amide bonds. The van der Waals surface area contributed by atoms with Crippen molar-refractivity contribution in [2.75, 3.05) is 14.2 Å². The summed E-state index contributed by atoms with van der Waals surface area (Å²) in [5, 5.41) is 24.9. The molecule has 3 rings (SSSR count). The molecule has 0 saturated heterocycles. The minimum Gasteiger partial charge on any atom is -0.868 e. The molecule has 0 spiro atoms. The summed E-state index contributed by atoms with van der Waals surface area (Å²) in [6.07, 6.45) is 3.43. The molecule has 0 fully saturated rings. The van der Waals surface area contributed by atoms with Gasteiger partial charge in [0.1, 0.15) is 5.01 Å². The highest BCUT2D eigenvalue weighted by Gasteiger charge is 2.09.